The van der Waals surface area contributed by atoms with Crippen LogP contribution < -0.4 is 4.74 Å². The molecule has 0 saturated heterocycles. The van der Waals surface area contributed by atoms with Crippen molar-refractivity contribution in [2.24, 2.45) is 0 Å². The number of rotatable bonds is 1. The van der Waals surface area contributed by atoms with Crippen LogP contribution in [0.4, 0.5) is 0 Å². The third-order valence-corrected chi connectivity index (χ3v) is 2.64. The minimum atomic E-state index is -0.288. The zero-order chi connectivity index (χ0) is 10.0. The molecule has 3 heteroatoms. The third kappa shape index (κ3) is 2.31. The van der Waals surface area contributed by atoms with Crippen molar-refractivity contribution < 1.29 is 9.53 Å². The quantitative estimate of drug-likeness (QED) is 0.559. The molecule has 0 radical (unpaired) electrons. The average Bonchev–Trinajstić information content (AvgIpc) is 2.05. The minimum absolute atomic E-state index is 0.288. The lowest BCUT2D eigenvalue weighted by Gasteiger charge is -2.09. The SMILES string of the molecule is CC(=O)Oc1c(C)ccc(Br)c1C. The summed E-state index contributed by atoms with van der Waals surface area (Å²) in [6, 6.07) is 3.85. The number of benzene rings is 1. The van der Waals surface area contributed by atoms with Crippen molar-refractivity contribution >= 4 is 21.9 Å². The number of aryl methyl sites for hydroxylation is 1. The van der Waals surface area contributed by atoms with Gasteiger partial charge in [0, 0.05) is 17.0 Å². The Morgan fingerprint density at radius 2 is 2.00 bits per heavy atom. The van der Waals surface area contributed by atoms with Crippen LogP contribution in [-0.4, -0.2) is 5.97 Å². The van der Waals surface area contributed by atoms with Crippen LogP contribution in [0.2, 0.25) is 0 Å². The molecule has 0 heterocycles. The molecule has 1 aromatic rings. The monoisotopic (exact) mass is 242 g/mol. The summed E-state index contributed by atoms with van der Waals surface area (Å²) in [4.78, 5) is 10.8. The predicted molar refractivity (Wildman–Crippen MR) is 54.9 cm³/mol. The Kier molecular flexibility index (Phi) is 3.09. The smallest absolute Gasteiger partial charge is 0.308 e. The van der Waals surface area contributed by atoms with Gasteiger partial charge in [0.25, 0.3) is 0 Å². The molecule has 1 rings (SSSR count). The molecule has 0 spiro atoms. The van der Waals surface area contributed by atoms with Gasteiger partial charge in [0.2, 0.25) is 0 Å². The number of hydrogen-bond acceptors (Lipinski definition) is 2. The van der Waals surface area contributed by atoms with Crippen LogP contribution in [0.1, 0.15) is 18.1 Å². The molecular weight excluding hydrogens is 232 g/mol. The van der Waals surface area contributed by atoms with Crippen molar-refractivity contribution in [3.8, 4) is 5.75 Å². The van der Waals surface area contributed by atoms with Crippen molar-refractivity contribution in [1.29, 1.82) is 0 Å². The molecule has 0 N–H and O–H groups in total. The van der Waals surface area contributed by atoms with E-state index in [2.05, 4.69) is 15.9 Å². The second-order valence-corrected chi connectivity index (χ2v) is 3.77. The van der Waals surface area contributed by atoms with E-state index in [1.54, 1.807) is 0 Å². The maximum absolute atomic E-state index is 10.8. The lowest BCUT2D eigenvalue weighted by molar-refractivity contribution is -0.131. The second kappa shape index (κ2) is 3.92. The number of carbonyl (C=O) groups is 1. The summed E-state index contributed by atoms with van der Waals surface area (Å²) >= 11 is 3.38. The second-order valence-electron chi connectivity index (χ2n) is 2.91. The molecule has 0 fully saturated rings. The van der Waals surface area contributed by atoms with E-state index in [0.29, 0.717) is 5.75 Å². The van der Waals surface area contributed by atoms with Gasteiger partial charge < -0.3 is 4.74 Å². The fourth-order valence-corrected chi connectivity index (χ4v) is 1.42. The Hall–Kier alpha value is -0.830. The highest BCUT2D eigenvalue weighted by Gasteiger charge is 2.08. The normalized spacial score (nSPS) is 9.85. The third-order valence-electron chi connectivity index (χ3n) is 1.78. The van der Waals surface area contributed by atoms with Crippen LogP contribution in [0.25, 0.3) is 0 Å². The molecule has 0 bridgehead atoms. The molecule has 0 aliphatic rings. The van der Waals surface area contributed by atoms with Gasteiger partial charge in [0.05, 0.1) is 0 Å². The molecule has 0 aliphatic heterocycles. The molecule has 1 aromatic carbocycles. The van der Waals surface area contributed by atoms with E-state index in [0.717, 1.165) is 15.6 Å². The fraction of sp³-hybridized carbons (Fsp3) is 0.300. The first-order valence-corrected chi connectivity index (χ1v) is 4.76. The van der Waals surface area contributed by atoms with Gasteiger partial charge in [-0.05, 0) is 25.5 Å². The number of ether oxygens (including phenoxy) is 1. The van der Waals surface area contributed by atoms with E-state index in [1.165, 1.54) is 6.92 Å². The Morgan fingerprint density at radius 3 is 2.54 bits per heavy atom. The summed E-state index contributed by atoms with van der Waals surface area (Å²) in [5.74, 6) is 0.367. The Bertz CT molecular complexity index is 345. The van der Waals surface area contributed by atoms with Gasteiger partial charge in [0.1, 0.15) is 5.75 Å². The van der Waals surface area contributed by atoms with Crippen LogP contribution in [0.3, 0.4) is 0 Å². The first kappa shape index (κ1) is 10.3. The molecule has 0 amide bonds. The maximum Gasteiger partial charge on any atom is 0.308 e. The zero-order valence-electron chi connectivity index (χ0n) is 7.85. The molecule has 2 nitrogen and oxygen atoms in total. The molecule has 13 heavy (non-hydrogen) atoms. The van der Waals surface area contributed by atoms with Crippen LogP contribution in [0.15, 0.2) is 16.6 Å². The topological polar surface area (TPSA) is 26.3 Å². The number of carbonyl (C=O) groups excluding carboxylic acids is 1. The highest BCUT2D eigenvalue weighted by Crippen LogP contribution is 2.29. The van der Waals surface area contributed by atoms with E-state index in [1.807, 2.05) is 26.0 Å². The van der Waals surface area contributed by atoms with Crippen molar-refractivity contribution in [2.45, 2.75) is 20.8 Å². The highest BCUT2D eigenvalue weighted by molar-refractivity contribution is 9.10. The molecule has 0 atom stereocenters. The molecule has 0 aromatic heterocycles. The van der Waals surface area contributed by atoms with Crippen molar-refractivity contribution in [3.05, 3.63) is 27.7 Å². The van der Waals surface area contributed by atoms with E-state index in [-0.39, 0.29) is 5.97 Å². The van der Waals surface area contributed by atoms with Gasteiger partial charge in [-0.15, -0.1) is 0 Å². The largest absolute Gasteiger partial charge is 0.426 e. The lowest BCUT2D eigenvalue weighted by Crippen LogP contribution is -2.04. The number of esters is 1. The standard InChI is InChI=1S/C10H11BrO2/c1-6-4-5-9(11)7(2)10(6)13-8(3)12/h4-5H,1-3H3. The van der Waals surface area contributed by atoms with E-state index in [4.69, 9.17) is 4.74 Å². The first-order chi connectivity index (χ1) is 6.02. The Labute approximate surface area is 86.0 Å². The van der Waals surface area contributed by atoms with Crippen LogP contribution in [0, 0.1) is 13.8 Å². The van der Waals surface area contributed by atoms with Gasteiger partial charge in [0.15, 0.2) is 0 Å². The fourth-order valence-electron chi connectivity index (χ4n) is 1.10. The van der Waals surface area contributed by atoms with Gasteiger partial charge in [-0.3, -0.25) is 4.79 Å². The van der Waals surface area contributed by atoms with Crippen molar-refractivity contribution in [1.82, 2.24) is 0 Å². The molecular formula is C10H11BrO2. The summed E-state index contributed by atoms with van der Waals surface area (Å²) in [6.07, 6.45) is 0. The van der Waals surface area contributed by atoms with Gasteiger partial charge >= 0.3 is 5.97 Å². The van der Waals surface area contributed by atoms with Gasteiger partial charge in [-0.2, -0.15) is 0 Å². The van der Waals surface area contributed by atoms with E-state index < -0.39 is 0 Å². The van der Waals surface area contributed by atoms with Crippen molar-refractivity contribution in [2.75, 3.05) is 0 Å². The summed E-state index contributed by atoms with van der Waals surface area (Å²) in [7, 11) is 0. The van der Waals surface area contributed by atoms with Crippen LogP contribution >= 0.6 is 15.9 Å². The van der Waals surface area contributed by atoms with Crippen LogP contribution in [-0.2, 0) is 4.79 Å². The zero-order valence-corrected chi connectivity index (χ0v) is 9.44. The van der Waals surface area contributed by atoms with Crippen LogP contribution in [0.5, 0.6) is 5.75 Å². The minimum Gasteiger partial charge on any atom is -0.426 e. The van der Waals surface area contributed by atoms with E-state index >= 15 is 0 Å². The number of hydrogen-bond donors (Lipinski definition) is 0. The number of halogens is 1. The molecule has 0 unspecified atom stereocenters. The Balaban J connectivity index is 3.17. The summed E-state index contributed by atoms with van der Waals surface area (Å²) in [5, 5.41) is 0. The van der Waals surface area contributed by atoms with Gasteiger partial charge in [-0.1, -0.05) is 22.0 Å². The predicted octanol–water partition coefficient (Wildman–Crippen LogP) is 2.99. The summed E-state index contributed by atoms with van der Waals surface area (Å²) < 4.78 is 6.04. The molecule has 0 saturated carbocycles. The highest BCUT2D eigenvalue weighted by atomic mass is 79.9. The first-order valence-electron chi connectivity index (χ1n) is 3.96. The lowest BCUT2D eigenvalue weighted by atomic mass is 10.1. The van der Waals surface area contributed by atoms with E-state index in [9.17, 15) is 4.79 Å². The summed E-state index contributed by atoms with van der Waals surface area (Å²) in [5.41, 5.74) is 1.92. The Morgan fingerprint density at radius 1 is 1.38 bits per heavy atom. The maximum atomic E-state index is 10.8. The summed E-state index contributed by atoms with van der Waals surface area (Å²) in [6.45, 7) is 5.23. The van der Waals surface area contributed by atoms with Crippen molar-refractivity contribution in [3.63, 3.8) is 0 Å². The molecule has 0 aliphatic carbocycles. The van der Waals surface area contributed by atoms with Gasteiger partial charge in [-0.25, -0.2) is 0 Å². The molecule has 70 valence electrons. The average molecular weight is 243 g/mol.